The first-order valence-corrected chi connectivity index (χ1v) is 7.50. The van der Waals surface area contributed by atoms with Gasteiger partial charge in [0.2, 0.25) is 0 Å². The Morgan fingerprint density at radius 1 is 1.38 bits per heavy atom. The van der Waals surface area contributed by atoms with Crippen molar-refractivity contribution in [3.63, 3.8) is 0 Å². The predicted molar refractivity (Wildman–Crippen MR) is 86.2 cm³/mol. The second-order valence-electron chi connectivity index (χ2n) is 4.71. The molecule has 0 bridgehead atoms. The molecule has 0 saturated carbocycles. The van der Waals surface area contributed by atoms with Gasteiger partial charge in [-0.05, 0) is 24.5 Å². The van der Waals surface area contributed by atoms with Gasteiger partial charge >= 0.3 is 12.1 Å². The largest absolute Gasteiger partial charge is 0.491 e. The Labute approximate surface area is 140 Å². The molecule has 1 aromatic rings. The lowest BCUT2D eigenvalue weighted by molar-refractivity contribution is -0.135. The number of pyridine rings is 1. The average Bonchev–Trinajstić information content (AvgIpc) is 2.57. The van der Waals surface area contributed by atoms with Crippen molar-refractivity contribution in [1.82, 2.24) is 10.3 Å². The summed E-state index contributed by atoms with van der Waals surface area (Å²) in [5.74, 6) is -0.962. The molecule has 8 nitrogen and oxygen atoms in total. The summed E-state index contributed by atoms with van der Waals surface area (Å²) in [4.78, 5) is 25.8. The van der Waals surface area contributed by atoms with Crippen molar-refractivity contribution in [3.8, 4) is 11.6 Å². The van der Waals surface area contributed by atoms with Crippen LogP contribution in [-0.4, -0.2) is 42.4 Å². The van der Waals surface area contributed by atoms with Crippen LogP contribution in [0.15, 0.2) is 24.4 Å². The highest BCUT2D eigenvalue weighted by atomic mass is 16.6. The summed E-state index contributed by atoms with van der Waals surface area (Å²) in [6.45, 7) is 2.48. The van der Waals surface area contributed by atoms with Crippen LogP contribution in [0.3, 0.4) is 0 Å². The molecule has 1 aromatic heterocycles. The minimum atomic E-state index is -1.17. The minimum absolute atomic E-state index is 0.0463. The number of carboxylic acid groups (broad SMARTS) is 1. The highest BCUT2D eigenvalue weighted by Crippen LogP contribution is 2.25. The van der Waals surface area contributed by atoms with Crippen molar-refractivity contribution in [2.45, 2.75) is 26.4 Å². The number of carbonyl (C=O) groups excluding carboxylic acids is 1. The third kappa shape index (κ3) is 7.59. The van der Waals surface area contributed by atoms with Crippen molar-refractivity contribution in [1.29, 1.82) is 0 Å². The van der Waals surface area contributed by atoms with Gasteiger partial charge in [-0.15, -0.1) is 0 Å². The highest BCUT2D eigenvalue weighted by Gasteiger charge is 2.13. The fourth-order valence-electron chi connectivity index (χ4n) is 1.67. The van der Waals surface area contributed by atoms with Crippen molar-refractivity contribution in [2.24, 2.45) is 0 Å². The van der Waals surface area contributed by atoms with Crippen LogP contribution in [-0.2, 0) is 16.1 Å². The Kier molecular flexibility index (Phi) is 8.91. The van der Waals surface area contributed by atoms with Crippen LogP contribution in [0.25, 0.3) is 0 Å². The Hall–Kier alpha value is -2.61. The normalized spacial score (nSPS) is 10.6. The topological polar surface area (TPSA) is 107 Å². The maximum absolute atomic E-state index is 11.4. The fourth-order valence-corrected chi connectivity index (χ4v) is 1.67. The molecule has 0 aromatic carbocycles. The van der Waals surface area contributed by atoms with Crippen molar-refractivity contribution >= 4 is 12.1 Å². The Balaban J connectivity index is 2.53. The maximum Gasteiger partial charge on any atom is 0.414 e. The smallest absolute Gasteiger partial charge is 0.414 e. The molecule has 2 N–H and O–H groups in total. The van der Waals surface area contributed by atoms with Crippen LogP contribution in [0.2, 0.25) is 0 Å². The first-order valence-electron chi connectivity index (χ1n) is 7.50. The molecular weight excluding hydrogens is 316 g/mol. The lowest BCUT2D eigenvalue weighted by Gasteiger charge is -2.10. The molecule has 1 heterocycles. The predicted octanol–water partition coefficient (Wildman–Crippen LogP) is 2.14. The Morgan fingerprint density at radius 3 is 2.83 bits per heavy atom. The van der Waals surface area contributed by atoms with Gasteiger partial charge in [0.05, 0.1) is 20.3 Å². The summed E-state index contributed by atoms with van der Waals surface area (Å²) in [5, 5.41) is 10.6. The summed E-state index contributed by atoms with van der Waals surface area (Å²) in [5.41, 5.74) is 0.768. The van der Waals surface area contributed by atoms with E-state index in [0.29, 0.717) is 13.2 Å². The van der Waals surface area contributed by atoms with E-state index in [1.54, 1.807) is 6.07 Å². The number of hydrogen-bond acceptors (Lipinski definition) is 6. The van der Waals surface area contributed by atoms with Crippen molar-refractivity contribution < 1.29 is 28.9 Å². The van der Waals surface area contributed by atoms with Gasteiger partial charge in [-0.1, -0.05) is 19.1 Å². The van der Waals surface area contributed by atoms with Gasteiger partial charge < -0.3 is 24.6 Å². The molecule has 0 spiro atoms. The molecule has 0 saturated heterocycles. The number of aromatic nitrogens is 1. The van der Waals surface area contributed by atoms with Gasteiger partial charge in [0.15, 0.2) is 5.75 Å². The number of ether oxygens (including phenoxy) is 3. The van der Waals surface area contributed by atoms with E-state index in [0.717, 1.165) is 18.4 Å². The summed E-state index contributed by atoms with van der Waals surface area (Å²) in [6, 6.07) is 1.65. The number of carboxylic acids is 1. The monoisotopic (exact) mass is 338 g/mol. The lowest BCUT2D eigenvalue weighted by atomic mass is 10.3. The standard InChI is InChI=1S/C16H22N2O6/c1-3-4-5-6-7-23-11-12-8-13(22-2)15(17-9-12)24-16(21)18-10-14(19)20/h4-5,8-9H,3,6-7,10-11H2,1-2H3,(H,18,21)(H,19,20). The molecule has 0 atom stereocenters. The second-order valence-corrected chi connectivity index (χ2v) is 4.71. The number of methoxy groups -OCH3 is 1. The van der Waals surface area contributed by atoms with Gasteiger partial charge in [-0.3, -0.25) is 4.79 Å². The van der Waals surface area contributed by atoms with Crippen LogP contribution < -0.4 is 14.8 Å². The quantitative estimate of drug-likeness (QED) is 0.497. The van der Waals surface area contributed by atoms with Gasteiger partial charge in [-0.2, -0.15) is 0 Å². The van der Waals surface area contributed by atoms with E-state index in [2.05, 4.69) is 29.4 Å². The zero-order valence-corrected chi connectivity index (χ0v) is 13.8. The lowest BCUT2D eigenvalue weighted by Crippen LogP contribution is -2.32. The van der Waals surface area contributed by atoms with E-state index in [1.807, 2.05) is 0 Å². The second kappa shape index (κ2) is 11.0. The number of aliphatic carboxylic acids is 1. The van der Waals surface area contributed by atoms with Gasteiger partial charge in [0.1, 0.15) is 6.54 Å². The number of rotatable bonds is 10. The number of hydrogen-bond donors (Lipinski definition) is 2. The number of allylic oxidation sites excluding steroid dienone is 1. The van der Waals surface area contributed by atoms with Gasteiger partial charge in [0.25, 0.3) is 5.88 Å². The van der Waals surface area contributed by atoms with Gasteiger partial charge in [-0.25, -0.2) is 9.78 Å². The van der Waals surface area contributed by atoms with Crippen LogP contribution >= 0.6 is 0 Å². The molecule has 0 aliphatic carbocycles. The molecular formula is C16H22N2O6. The fraction of sp³-hybridized carbons (Fsp3) is 0.438. The third-order valence-corrected chi connectivity index (χ3v) is 2.77. The molecule has 1 rings (SSSR count). The average molecular weight is 338 g/mol. The van der Waals surface area contributed by atoms with Crippen LogP contribution in [0.5, 0.6) is 11.6 Å². The molecule has 0 aliphatic heterocycles. The van der Waals surface area contributed by atoms with Crippen LogP contribution in [0.1, 0.15) is 25.3 Å². The molecule has 0 radical (unpaired) electrons. The molecule has 1 amide bonds. The Bertz CT molecular complexity index is 574. The first-order chi connectivity index (χ1) is 11.6. The summed E-state index contributed by atoms with van der Waals surface area (Å²) in [7, 11) is 1.42. The van der Waals surface area contributed by atoms with Crippen molar-refractivity contribution in [2.75, 3.05) is 20.3 Å². The summed E-state index contributed by atoms with van der Waals surface area (Å²) >= 11 is 0. The number of nitrogens with one attached hydrogen (secondary N) is 1. The minimum Gasteiger partial charge on any atom is -0.491 e. The zero-order chi connectivity index (χ0) is 17.8. The summed E-state index contributed by atoms with van der Waals surface area (Å²) < 4.78 is 15.6. The summed E-state index contributed by atoms with van der Waals surface area (Å²) in [6.07, 6.45) is 6.56. The van der Waals surface area contributed by atoms with E-state index < -0.39 is 18.6 Å². The zero-order valence-electron chi connectivity index (χ0n) is 13.8. The number of carbonyl (C=O) groups is 2. The molecule has 0 unspecified atom stereocenters. The SMILES string of the molecule is CCC=CCCOCc1cnc(OC(=O)NCC(=O)O)c(OC)c1. The van der Waals surface area contributed by atoms with E-state index in [-0.39, 0.29) is 11.6 Å². The molecule has 8 heteroatoms. The molecule has 132 valence electrons. The Morgan fingerprint density at radius 2 is 2.17 bits per heavy atom. The van der Waals surface area contributed by atoms with Crippen molar-refractivity contribution in [3.05, 3.63) is 30.0 Å². The van der Waals surface area contributed by atoms with E-state index >= 15 is 0 Å². The molecule has 0 aliphatic rings. The van der Waals surface area contributed by atoms with Gasteiger partial charge in [0, 0.05) is 6.20 Å². The molecule has 24 heavy (non-hydrogen) atoms. The maximum atomic E-state index is 11.4. The van der Waals surface area contributed by atoms with Crippen LogP contribution in [0.4, 0.5) is 4.79 Å². The van der Waals surface area contributed by atoms with Crippen LogP contribution in [0, 0.1) is 0 Å². The molecule has 0 fully saturated rings. The van der Waals surface area contributed by atoms with E-state index in [4.69, 9.17) is 19.3 Å². The number of amides is 1. The van der Waals surface area contributed by atoms with E-state index in [1.165, 1.54) is 13.3 Å². The number of nitrogens with zero attached hydrogens (tertiary/aromatic N) is 1. The third-order valence-electron chi connectivity index (χ3n) is 2.77. The highest BCUT2D eigenvalue weighted by molar-refractivity contribution is 5.77. The first kappa shape index (κ1) is 19.4. The van der Waals surface area contributed by atoms with E-state index in [9.17, 15) is 9.59 Å².